The topological polar surface area (TPSA) is 67.8 Å². The van der Waals surface area contributed by atoms with Crippen LogP contribution in [0.15, 0.2) is 12.1 Å². The molecule has 1 aromatic carbocycles. The third kappa shape index (κ3) is 6.76. The summed E-state index contributed by atoms with van der Waals surface area (Å²) in [6, 6.07) is 2.66. The lowest BCUT2D eigenvalue weighted by Crippen LogP contribution is -2.25. The maximum absolute atomic E-state index is 13.1. The normalized spacial score (nSPS) is 13.8. The van der Waals surface area contributed by atoms with E-state index in [1.165, 1.54) is 12.1 Å². The van der Waals surface area contributed by atoms with Crippen molar-refractivity contribution in [3.05, 3.63) is 23.3 Å². The van der Waals surface area contributed by atoms with Gasteiger partial charge in [-0.3, -0.25) is 5.32 Å². The summed E-state index contributed by atoms with van der Waals surface area (Å²) in [6.07, 6.45) is -8.23. The van der Waals surface area contributed by atoms with E-state index < -0.39 is 39.8 Å². The molecule has 0 saturated heterocycles. The molecule has 0 aliphatic heterocycles. The predicted molar refractivity (Wildman–Crippen MR) is 103 cm³/mol. The third-order valence-corrected chi connectivity index (χ3v) is 4.52. The maximum Gasteiger partial charge on any atom is 0.418 e. The van der Waals surface area contributed by atoms with Crippen molar-refractivity contribution in [1.82, 2.24) is 0 Å². The summed E-state index contributed by atoms with van der Waals surface area (Å²) in [5.41, 5.74) is -0.754. The lowest BCUT2D eigenvalue weighted by Gasteiger charge is -2.28. The molecule has 1 aromatic rings. The number of anilines is 1. The molecule has 0 aromatic heterocycles. The predicted octanol–water partition coefficient (Wildman–Crippen LogP) is 5.90. The number of aliphatic hydroxyl groups is 1. The van der Waals surface area contributed by atoms with Crippen LogP contribution in [-0.2, 0) is 10.2 Å². The van der Waals surface area contributed by atoms with E-state index in [1.54, 1.807) is 0 Å². The number of carbonyl (C=O) groups is 1. The van der Waals surface area contributed by atoms with Crippen molar-refractivity contribution in [3.63, 3.8) is 0 Å². The molecule has 0 bridgehead atoms. The largest absolute Gasteiger partial charge is 0.494 e. The number of alkyl halides is 6. The average Bonchev–Trinajstić information content (AvgIpc) is 2.57. The van der Waals surface area contributed by atoms with Crippen molar-refractivity contribution in [2.24, 2.45) is 0 Å². The number of ether oxygens (including phenoxy) is 2. The number of carbonyl (C=O) groups excluding carboxylic acids is 1. The number of hydrogen-bond acceptors (Lipinski definition) is 4. The zero-order valence-corrected chi connectivity index (χ0v) is 17.9. The van der Waals surface area contributed by atoms with Gasteiger partial charge in [-0.15, -0.1) is 0 Å². The van der Waals surface area contributed by atoms with Gasteiger partial charge in [0.1, 0.15) is 12.4 Å². The highest BCUT2D eigenvalue weighted by atomic mass is 35.6. The van der Waals surface area contributed by atoms with Crippen LogP contribution >= 0.6 is 34.8 Å². The minimum atomic E-state index is -4.94. The van der Waals surface area contributed by atoms with E-state index in [4.69, 9.17) is 44.3 Å². The first kappa shape index (κ1) is 24.9. The van der Waals surface area contributed by atoms with Crippen LogP contribution in [0.1, 0.15) is 44.4 Å². The summed E-state index contributed by atoms with van der Waals surface area (Å²) < 4.78 is 47.4. The molecule has 0 saturated carbocycles. The van der Waals surface area contributed by atoms with E-state index in [9.17, 15) is 23.1 Å². The molecule has 1 amide bonds. The smallest absolute Gasteiger partial charge is 0.418 e. The number of aliphatic hydroxyl groups excluding tert-OH is 1. The molecule has 1 unspecified atom stereocenters. The van der Waals surface area contributed by atoms with Gasteiger partial charge in [0, 0.05) is 5.56 Å². The minimum Gasteiger partial charge on any atom is -0.494 e. The van der Waals surface area contributed by atoms with Gasteiger partial charge in [0.2, 0.25) is 3.79 Å². The molecule has 0 aliphatic carbocycles. The molecular weight excluding hydrogens is 446 g/mol. The van der Waals surface area contributed by atoms with Crippen molar-refractivity contribution < 1.29 is 32.5 Å². The monoisotopic (exact) mass is 465 g/mol. The molecule has 28 heavy (non-hydrogen) atoms. The average molecular weight is 467 g/mol. The van der Waals surface area contributed by atoms with E-state index in [0.717, 1.165) is 7.11 Å². The molecule has 0 aliphatic rings. The molecule has 160 valence electrons. The highest BCUT2D eigenvalue weighted by Crippen LogP contribution is 2.44. The van der Waals surface area contributed by atoms with E-state index in [2.05, 4.69) is 5.32 Å². The van der Waals surface area contributed by atoms with Gasteiger partial charge in [-0.2, -0.15) is 13.2 Å². The molecule has 0 fully saturated rings. The maximum atomic E-state index is 13.1. The zero-order valence-electron chi connectivity index (χ0n) is 15.6. The van der Waals surface area contributed by atoms with Gasteiger partial charge < -0.3 is 14.6 Å². The zero-order chi connectivity index (χ0) is 21.9. The van der Waals surface area contributed by atoms with E-state index >= 15 is 0 Å². The van der Waals surface area contributed by atoms with Crippen LogP contribution in [0.2, 0.25) is 0 Å². The van der Waals surface area contributed by atoms with Crippen LogP contribution in [0.3, 0.4) is 0 Å². The van der Waals surface area contributed by atoms with Crippen LogP contribution in [-0.4, -0.2) is 34.9 Å². The fraction of sp³-hybridized carbons (Fsp3) is 0.588. The Labute approximate surface area is 176 Å². The van der Waals surface area contributed by atoms with Gasteiger partial charge in [-0.1, -0.05) is 55.6 Å². The number of hydrogen-bond donors (Lipinski definition) is 2. The number of amides is 1. The second kappa shape index (κ2) is 9.15. The summed E-state index contributed by atoms with van der Waals surface area (Å²) in [7, 11) is 1.12. The van der Waals surface area contributed by atoms with Crippen LogP contribution in [0.5, 0.6) is 5.75 Å². The third-order valence-electron chi connectivity index (χ3n) is 4.20. The summed E-state index contributed by atoms with van der Waals surface area (Å²) in [5.74, 6) is -0.355. The highest BCUT2D eigenvalue weighted by Gasteiger charge is 2.42. The summed E-state index contributed by atoms with van der Waals surface area (Å²) in [4.78, 5) is 12.0. The standard InChI is InChI=1S/C17H21Cl3F3NO4/c1-5-15(2,3)9-6-10(13(25)17(21,22)23)12(27-4)11(7-9)24-14(26)28-8-16(18,19)20/h6-7,13,25H,5,8H2,1-4H3,(H,24,26). The number of nitrogens with one attached hydrogen (secondary N) is 1. The first-order valence-corrected chi connectivity index (χ1v) is 9.23. The lowest BCUT2D eigenvalue weighted by molar-refractivity contribution is -0.207. The quantitative estimate of drug-likeness (QED) is 0.512. The van der Waals surface area contributed by atoms with Gasteiger partial charge in [-0.05, 0) is 29.5 Å². The molecule has 0 heterocycles. The minimum absolute atomic E-state index is 0.117. The van der Waals surface area contributed by atoms with Gasteiger partial charge in [0.15, 0.2) is 6.10 Å². The number of methoxy groups -OCH3 is 1. The van der Waals surface area contributed by atoms with Crippen LogP contribution in [0, 0.1) is 0 Å². The van der Waals surface area contributed by atoms with Gasteiger partial charge in [0.05, 0.1) is 12.8 Å². The van der Waals surface area contributed by atoms with Crippen LogP contribution in [0.25, 0.3) is 0 Å². The lowest BCUT2D eigenvalue weighted by atomic mass is 9.80. The van der Waals surface area contributed by atoms with Crippen LogP contribution < -0.4 is 10.1 Å². The van der Waals surface area contributed by atoms with Crippen molar-refractivity contribution in [2.75, 3.05) is 19.0 Å². The Morgan fingerprint density at radius 1 is 1.25 bits per heavy atom. The summed E-state index contributed by atoms with van der Waals surface area (Å²) in [6.45, 7) is 4.89. The van der Waals surface area contributed by atoms with Crippen molar-refractivity contribution in [1.29, 1.82) is 0 Å². The van der Waals surface area contributed by atoms with Crippen molar-refractivity contribution in [3.8, 4) is 5.75 Å². The molecule has 0 radical (unpaired) electrons. The molecule has 1 atom stereocenters. The number of rotatable bonds is 6. The Kier molecular flexibility index (Phi) is 8.16. The Bertz CT molecular complexity index is 706. The van der Waals surface area contributed by atoms with E-state index in [1.807, 2.05) is 20.8 Å². The first-order valence-electron chi connectivity index (χ1n) is 8.10. The number of halogens is 6. The highest BCUT2D eigenvalue weighted by molar-refractivity contribution is 6.67. The van der Waals surface area contributed by atoms with Crippen molar-refractivity contribution >= 4 is 46.6 Å². The van der Waals surface area contributed by atoms with Gasteiger partial charge in [-0.25, -0.2) is 4.79 Å². The molecular formula is C17H21Cl3F3NO4. The molecule has 0 spiro atoms. The fourth-order valence-electron chi connectivity index (χ4n) is 2.24. The van der Waals surface area contributed by atoms with Gasteiger partial charge in [0.25, 0.3) is 0 Å². The Balaban J connectivity index is 3.44. The molecule has 2 N–H and O–H groups in total. The molecule has 11 heteroatoms. The van der Waals surface area contributed by atoms with Crippen molar-refractivity contribution in [2.45, 2.75) is 48.7 Å². The summed E-state index contributed by atoms with van der Waals surface area (Å²) in [5, 5.41) is 12.1. The molecule has 1 rings (SSSR count). The Hall–Kier alpha value is -1.09. The SMILES string of the molecule is CCC(C)(C)c1cc(NC(=O)OCC(Cl)(Cl)Cl)c(OC)c(C(O)C(F)(F)F)c1. The Morgan fingerprint density at radius 3 is 2.25 bits per heavy atom. The fourth-order valence-corrected chi connectivity index (χ4v) is 2.40. The van der Waals surface area contributed by atoms with E-state index in [0.29, 0.717) is 12.0 Å². The number of benzene rings is 1. The summed E-state index contributed by atoms with van der Waals surface area (Å²) >= 11 is 16.5. The second-order valence-corrected chi connectivity index (χ2v) is 9.16. The second-order valence-electron chi connectivity index (χ2n) is 6.64. The first-order chi connectivity index (χ1) is 12.6. The van der Waals surface area contributed by atoms with E-state index in [-0.39, 0.29) is 11.4 Å². The van der Waals surface area contributed by atoms with Gasteiger partial charge >= 0.3 is 12.3 Å². The van der Waals surface area contributed by atoms with Crippen LogP contribution in [0.4, 0.5) is 23.7 Å². The molecule has 5 nitrogen and oxygen atoms in total. The Morgan fingerprint density at radius 2 is 1.82 bits per heavy atom.